The standard InChI is InChI=1S/C46H94O2/c1-3-5-7-9-11-13-15-16-17-18-19-20-21-22-23-24-28-32-36-40-44-48-46-42-38-34-30-26-25-29-33-37-41-45-47-43-39-35-31-27-14-12-10-8-6-4-2/h3-46H2,1-2H3. The minimum Gasteiger partial charge on any atom is -0.381 e. The molecular weight excluding hydrogens is 585 g/mol. The van der Waals surface area contributed by atoms with Crippen LogP contribution in [-0.2, 0) is 9.47 Å². The van der Waals surface area contributed by atoms with Gasteiger partial charge in [-0.25, -0.2) is 0 Å². The lowest BCUT2D eigenvalue weighted by Crippen LogP contribution is -1.97. The van der Waals surface area contributed by atoms with Gasteiger partial charge in [-0.05, 0) is 25.7 Å². The number of hydrogen-bond donors (Lipinski definition) is 0. The van der Waals surface area contributed by atoms with Crippen molar-refractivity contribution in [1.29, 1.82) is 0 Å². The molecule has 48 heavy (non-hydrogen) atoms. The highest BCUT2D eigenvalue weighted by Gasteiger charge is 1.98. The predicted octanol–water partition coefficient (Wildman–Crippen LogP) is 16.7. The average Bonchev–Trinajstić information content (AvgIpc) is 3.10. The summed E-state index contributed by atoms with van der Waals surface area (Å²) in [6.07, 6.45) is 56.7. The number of ether oxygens (including phenoxy) is 2. The van der Waals surface area contributed by atoms with Gasteiger partial charge >= 0.3 is 0 Å². The summed E-state index contributed by atoms with van der Waals surface area (Å²) in [7, 11) is 0. The Morgan fingerprint density at radius 1 is 0.167 bits per heavy atom. The van der Waals surface area contributed by atoms with Crippen LogP contribution in [0.15, 0.2) is 0 Å². The van der Waals surface area contributed by atoms with Crippen LogP contribution in [0.1, 0.15) is 271 Å². The highest BCUT2D eigenvalue weighted by molar-refractivity contribution is 4.52. The molecule has 0 fully saturated rings. The summed E-state index contributed by atoms with van der Waals surface area (Å²) in [4.78, 5) is 0. The van der Waals surface area contributed by atoms with Crippen LogP contribution < -0.4 is 0 Å². The Bertz CT molecular complexity index is 474. The SMILES string of the molecule is CCCCCCCCCCCCCCCCCCCCCCOCCCCCCCCCCCCOCCCCCCCCCCCC. The van der Waals surface area contributed by atoms with Gasteiger partial charge in [-0.15, -0.1) is 0 Å². The smallest absolute Gasteiger partial charge is 0.0466 e. The maximum absolute atomic E-state index is 5.91. The minimum atomic E-state index is 0.985. The monoisotopic (exact) mass is 679 g/mol. The molecule has 0 rings (SSSR count). The van der Waals surface area contributed by atoms with Crippen LogP contribution in [-0.4, -0.2) is 26.4 Å². The van der Waals surface area contributed by atoms with Gasteiger partial charge in [-0.3, -0.25) is 0 Å². The third-order valence-electron chi connectivity index (χ3n) is 10.6. The first-order chi connectivity index (χ1) is 23.9. The molecule has 0 aromatic heterocycles. The van der Waals surface area contributed by atoms with E-state index in [0.717, 1.165) is 26.4 Å². The van der Waals surface area contributed by atoms with Crippen molar-refractivity contribution in [3.8, 4) is 0 Å². The van der Waals surface area contributed by atoms with E-state index < -0.39 is 0 Å². The van der Waals surface area contributed by atoms with Crippen molar-refractivity contribution in [1.82, 2.24) is 0 Å². The molecule has 0 spiro atoms. The molecule has 0 heterocycles. The van der Waals surface area contributed by atoms with E-state index in [4.69, 9.17) is 9.47 Å². The van der Waals surface area contributed by atoms with Crippen LogP contribution in [0.3, 0.4) is 0 Å². The molecule has 0 aromatic carbocycles. The summed E-state index contributed by atoms with van der Waals surface area (Å²) in [5.41, 5.74) is 0. The molecule has 0 saturated heterocycles. The molecule has 0 aliphatic rings. The zero-order valence-corrected chi connectivity index (χ0v) is 33.9. The van der Waals surface area contributed by atoms with E-state index in [9.17, 15) is 0 Å². The number of rotatable bonds is 45. The summed E-state index contributed by atoms with van der Waals surface area (Å²) < 4.78 is 11.8. The minimum absolute atomic E-state index is 0.985. The molecule has 0 saturated carbocycles. The lowest BCUT2D eigenvalue weighted by molar-refractivity contribution is 0.125. The summed E-state index contributed by atoms with van der Waals surface area (Å²) >= 11 is 0. The van der Waals surface area contributed by atoms with Crippen LogP contribution in [0.4, 0.5) is 0 Å². The molecule has 2 nitrogen and oxygen atoms in total. The summed E-state index contributed by atoms with van der Waals surface area (Å²) in [5, 5.41) is 0. The van der Waals surface area contributed by atoms with Gasteiger partial charge in [-0.1, -0.05) is 245 Å². The maximum atomic E-state index is 5.91. The molecule has 0 amide bonds. The first-order valence-electron chi connectivity index (χ1n) is 23.1. The average molecular weight is 679 g/mol. The fraction of sp³-hybridized carbons (Fsp3) is 1.00. The lowest BCUT2D eigenvalue weighted by Gasteiger charge is -2.06. The molecular formula is C46H94O2. The molecule has 0 atom stereocenters. The van der Waals surface area contributed by atoms with Crippen LogP contribution >= 0.6 is 0 Å². The predicted molar refractivity (Wildman–Crippen MR) is 218 cm³/mol. The molecule has 2 heteroatoms. The number of hydrogen-bond acceptors (Lipinski definition) is 2. The fourth-order valence-corrected chi connectivity index (χ4v) is 7.18. The molecule has 0 radical (unpaired) electrons. The van der Waals surface area contributed by atoms with Crippen molar-refractivity contribution in [3.63, 3.8) is 0 Å². The fourth-order valence-electron chi connectivity index (χ4n) is 7.18. The normalized spacial score (nSPS) is 11.6. The molecule has 0 aliphatic carbocycles. The zero-order valence-electron chi connectivity index (χ0n) is 33.9. The Balaban J connectivity index is 3.04. The van der Waals surface area contributed by atoms with Gasteiger partial charge in [0.2, 0.25) is 0 Å². The van der Waals surface area contributed by atoms with Crippen molar-refractivity contribution in [2.75, 3.05) is 26.4 Å². The largest absolute Gasteiger partial charge is 0.381 e. The maximum Gasteiger partial charge on any atom is 0.0466 e. The first-order valence-corrected chi connectivity index (χ1v) is 23.1. The van der Waals surface area contributed by atoms with Gasteiger partial charge in [0.05, 0.1) is 0 Å². The molecule has 0 aliphatic heterocycles. The van der Waals surface area contributed by atoms with E-state index in [1.165, 1.54) is 257 Å². The topological polar surface area (TPSA) is 18.5 Å². The Labute approximate surface area is 305 Å². The van der Waals surface area contributed by atoms with Gasteiger partial charge in [0, 0.05) is 26.4 Å². The Morgan fingerprint density at radius 3 is 0.438 bits per heavy atom. The van der Waals surface area contributed by atoms with Crippen LogP contribution in [0.2, 0.25) is 0 Å². The highest BCUT2D eigenvalue weighted by atomic mass is 16.5. The zero-order chi connectivity index (χ0) is 34.5. The summed E-state index contributed by atoms with van der Waals surface area (Å²) in [5.74, 6) is 0. The Kier molecular flexibility index (Phi) is 46.8. The summed E-state index contributed by atoms with van der Waals surface area (Å²) in [6, 6.07) is 0. The second-order valence-corrected chi connectivity index (χ2v) is 15.7. The van der Waals surface area contributed by atoms with Crippen LogP contribution in [0.5, 0.6) is 0 Å². The van der Waals surface area contributed by atoms with Gasteiger partial charge in [0.1, 0.15) is 0 Å². The van der Waals surface area contributed by atoms with Crippen molar-refractivity contribution < 1.29 is 9.47 Å². The lowest BCUT2D eigenvalue weighted by atomic mass is 10.0. The van der Waals surface area contributed by atoms with Gasteiger partial charge in [-0.2, -0.15) is 0 Å². The molecule has 0 bridgehead atoms. The summed E-state index contributed by atoms with van der Waals surface area (Å²) in [6.45, 7) is 8.55. The highest BCUT2D eigenvalue weighted by Crippen LogP contribution is 2.16. The molecule has 290 valence electrons. The van der Waals surface area contributed by atoms with E-state index in [1.54, 1.807) is 0 Å². The van der Waals surface area contributed by atoms with Gasteiger partial charge in [0.25, 0.3) is 0 Å². The molecule has 0 unspecified atom stereocenters. The van der Waals surface area contributed by atoms with Gasteiger partial charge in [0.15, 0.2) is 0 Å². The molecule has 0 N–H and O–H groups in total. The molecule has 0 aromatic rings. The van der Waals surface area contributed by atoms with Crippen LogP contribution in [0.25, 0.3) is 0 Å². The van der Waals surface area contributed by atoms with Crippen molar-refractivity contribution >= 4 is 0 Å². The first kappa shape index (κ1) is 47.9. The Hall–Kier alpha value is -0.0800. The third kappa shape index (κ3) is 45.9. The second-order valence-electron chi connectivity index (χ2n) is 15.7. The van der Waals surface area contributed by atoms with E-state index >= 15 is 0 Å². The van der Waals surface area contributed by atoms with Crippen molar-refractivity contribution in [2.45, 2.75) is 271 Å². The van der Waals surface area contributed by atoms with Gasteiger partial charge < -0.3 is 9.47 Å². The van der Waals surface area contributed by atoms with Crippen molar-refractivity contribution in [3.05, 3.63) is 0 Å². The van der Waals surface area contributed by atoms with E-state index in [-0.39, 0.29) is 0 Å². The second kappa shape index (κ2) is 46.9. The quantitative estimate of drug-likeness (QED) is 0.0597. The van der Waals surface area contributed by atoms with Crippen molar-refractivity contribution in [2.24, 2.45) is 0 Å². The third-order valence-corrected chi connectivity index (χ3v) is 10.6. The van der Waals surface area contributed by atoms with E-state index in [1.807, 2.05) is 0 Å². The van der Waals surface area contributed by atoms with E-state index in [2.05, 4.69) is 13.8 Å². The number of unbranched alkanes of at least 4 members (excludes halogenated alkanes) is 37. The van der Waals surface area contributed by atoms with Crippen LogP contribution in [0, 0.1) is 0 Å². The van der Waals surface area contributed by atoms with E-state index in [0.29, 0.717) is 0 Å². The Morgan fingerprint density at radius 2 is 0.292 bits per heavy atom.